The molecule has 2 N–H and O–H groups in total. The Morgan fingerprint density at radius 3 is 2.44 bits per heavy atom. The van der Waals surface area contributed by atoms with E-state index in [0.29, 0.717) is 12.1 Å². The van der Waals surface area contributed by atoms with Gasteiger partial charge in [0.15, 0.2) is 0 Å². The smallest absolute Gasteiger partial charge is 0.255 e. The van der Waals surface area contributed by atoms with Crippen molar-refractivity contribution < 1.29 is 9.90 Å². The van der Waals surface area contributed by atoms with Gasteiger partial charge in [-0.2, -0.15) is 0 Å². The number of amides is 1. The number of halogens is 1. The van der Waals surface area contributed by atoms with Crippen LogP contribution in [0, 0.1) is 5.41 Å². The summed E-state index contributed by atoms with van der Waals surface area (Å²) in [6, 6.07) is 6.59. The Morgan fingerprint density at radius 2 is 1.94 bits per heavy atom. The Balaban J connectivity index is 2.69. The zero-order valence-corrected chi connectivity index (χ0v) is 12.5. The van der Waals surface area contributed by atoms with Crippen LogP contribution in [0.2, 0.25) is 0 Å². The predicted molar refractivity (Wildman–Crippen MR) is 77.2 cm³/mol. The van der Waals surface area contributed by atoms with Crippen molar-refractivity contribution in [1.82, 2.24) is 5.32 Å². The zero-order chi connectivity index (χ0) is 13.6. The van der Waals surface area contributed by atoms with E-state index in [1.807, 2.05) is 0 Å². The second-order valence-corrected chi connectivity index (χ2v) is 5.10. The number of phenolic OH excluding ortho intramolecular Hbond substituents is 1. The lowest BCUT2D eigenvalue weighted by Gasteiger charge is -2.29. The summed E-state index contributed by atoms with van der Waals surface area (Å²) in [5.74, 6) is -0.201. The molecule has 0 heterocycles. The number of nitrogens with one attached hydrogen (secondary N) is 1. The molecule has 1 rings (SSSR count). The molecule has 1 amide bonds. The van der Waals surface area contributed by atoms with E-state index >= 15 is 0 Å². The summed E-state index contributed by atoms with van der Waals surface area (Å²) in [5, 5.41) is 13.4. The molecule has 0 radical (unpaired) electrons. The van der Waals surface area contributed by atoms with Gasteiger partial charge in [0.25, 0.3) is 5.91 Å². The highest BCUT2D eigenvalue weighted by molar-refractivity contribution is 9.09. The van der Waals surface area contributed by atoms with Crippen LogP contribution in [0.15, 0.2) is 24.3 Å². The number of hydrogen-bond donors (Lipinski definition) is 2. The third kappa shape index (κ3) is 3.48. The van der Waals surface area contributed by atoms with Crippen molar-refractivity contribution in [3.05, 3.63) is 29.8 Å². The predicted octanol–water partition coefficient (Wildman–Crippen LogP) is 3.32. The van der Waals surface area contributed by atoms with Gasteiger partial charge in [0.05, 0.1) is 5.56 Å². The molecule has 0 atom stereocenters. The molecule has 0 aromatic heterocycles. The van der Waals surface area contributed by atoms with Crippen molar-refractivity contribution in [2.45, 2.75) is 26.7 Å². The van der Waals surface area contributed by atoms with Crippen LogP contribution in [0.4, 0.5) is 0 Å². The largest absolute Gasteiger partial charge is 0.507 e. The molecule has 100 valence electrons. The highest BCUT2D eigenvalue weighted by Gasteiger charge is 2.25. The summed E-state index contributed by atoms with van der Waals surface area (Å²) in [5.41, 5.74) is 0.410. The number of carbonyl (C=O) groups excluding carboxylic acids is 1. The normalized spacial score (nSPS) is 11.3. The molecular formula is C14H20BrNO2. The van der Waals surface area contributed by atoms with Crippen LogP contribution >= 0.6 is 15.9 Å². The Hall–Kier alpha value is -1.03. The van der Waals surface area contributed by atoms with Crippen LogP contribution in [0.3, 0.4) is 0 Å². The molecule has 1 aromatic rings. The SMILES string of the molecule is CCC(CC)(CBr)CNC(=O)c1ccccc1O. The number of carbonyl (C=O) groups is 1. The molecule has 1 aromatic carbocycles. The average Bonchev–Trinajstić information content (AvgIpc) is 2.41. The summed E-state index contributed by atoms with van der Waals surface area (Å²) < 4.78 is 0. The van der Waals surface area contributed by atoms with E-state index in [1.54, 1.807) is 18.2 Å². The van der Waals surface area contributed by atoms with Crippen LogP contribution in [-0.2, 0) is 0 Å². The van der Waals surface area contributed by atoms with Crippen molar-refractivity contribution in [2.75, 3.05) is 11.9 Å². The van der Waals surface area contributed by atoms with E-state index in [4.69, 9.17) is 0 Å². The zero-order valence-electron chi connectivity index (χ0n) is 10.9. The fourth-order valence-electron chi connectivity index (χ4n) is 1.76. The number of aromatic hydroxyl groups is 1. The quantitative estimate of drug-likeness (QED) is 0.791. The molecule has 0 spiro atoms. The molecule has 3 nitrogen and oxygen atoms in total. The lowest BCUT2D eigenvalue weighted by Crippen LogP contribution is -2.38. The Morgan fingerprint density at radius 1 is 1.33 bits per heavy atom. The average molecular weight is 314 g/mol. The maximum Gasteiger partial charge on any atom is 0.255 e. The third-order valence-electron chi connectivity index (χ3n) is 3.56. The second kappa shape index (κ2) is 6.78. The van der Waals surface area contributed by atoms with Gasteiger partial charge in [0.2, 0.25) is 0 Å². The van der Waals surface area contributed by atoms with Crippen LogP contribution in [0.5, 0.6) is 5.75 Å². The molecule has 0 aliphatic carbocycles. The first-order chi connectivity index (χ1) is 8.58. The molecule has 0 saturated carbocycles. The minimum atomic E-state index is -0.222. The Kier molecular flexibility index (Phi) is 5.66. The maximum absolute atomic E-state index is 12.0. The van der Waals surface area contributed by atoms with Crippen LogP contribution < -0.4 is 5.32 Å². The van der Waals surface area contributed by atoms with Gasteiger partial charge in [-0.15, -0.1) is 0 Å². The molecule has 0 aliphatic heterocycles. The fourth-order valence-corrected chi connectivity index (χ4v) is 2.76. The lowest BCUT2D eigenvalue weighted by atomic mass is 9.84. The molecule has 0 fully saturated rings. The van der Waals surface area contributed by atoms with E-state index in [2.05, 4.69) is 35.1 Å². The maximum atomic E-state index is 12.0. The number of phenols is 1. The van der Waals surface area contributed by atoms with Crippen LogP contribution in [0.25, 0.3) is 0 Å². The fraction of sp³-hybridized carbons (Fsp3) is 0.500. The first-order valence-electron chi connectivity index (χ1n) is 6.20. The molecular weight excluding hydrogens is 294 g/mol. The first-order valence-corrected chi connectivity index (χ1v) is 7.33. The van der Waals surface area contributed by atoms with Crippen molar-refractivity contribution in [3.63, 3.8) is 0 Å². The van der Waals surface area contributed by atoms with Crippen molar-refractivity contribution in [3.8, 4) is 5.75 Å². The highest BCUT2D eigenvalue weighted by Crippen LogP contribution is 2.28. The number of rotatable bonds is 6. The van der Waals surface area contributed by atoms with Gasteiger partial charge in [-0.3, -0.25) is 4.79 Å². The topological polar surface area (TPSA) is 49.3 Å². The minimum absolute atomic E-state index is 0.0208. The number of benzene rings is 1. The summed E-state index contributed by atoms with van der Waals surface area (Å²) in [4.78, 5) is 12.0. The molecule has 0 bridgehead atoms. The second-order valence-electron chi connectivity index (χ2n) is 4.54. The number of hydrogen-bond acceptors (Lipinski definition) is 2. The van der Waals surface area contributed by atoms with E-state index in [-0.39, 0.29) is 17.1 Å². The summed E-state index contributed by atoms with van der Waals surface area (Å²) in [7, 11) is 0. The Bertz CT molecular complexity index is 394. The van der Waals surface area contributed by atoms with Crippen molar-refractivity contribution in [2.24, 2.45) is 5.41 Å². The lowest BCUT2D eigenvalue weighted by molar-refractivity contribution is 0.0929. The highest BCUT2D eigenvalue weighted by atomic mass is 79.9. The van der Waals surface area contributed by atoms with Crippen molar-refractivity contribution in [1.29, 1.82) is 0 Å². The summed E-state index contributed by atoms with van der Waals surface area (Å²) in [6.07, 6.45) is 1.99. The van der Waals surface area contributed by atoms with Gasteiger partial charge in [0, 0.05) is 11.9 Å². The van der Waals surface area contributed by atoms with Gasteiger partial charge < -0.3 is 10.4 Å². The third-order valence-corrected chi connectivity index (χ3v) is 4.75. The van der Waals surface area contributed by atoms with Gasteiger partial charge in [-0.05, 0) is 30.4 Å². The molecule has 18 heavy (non-hydrogen) atoms. The van der Waals surface area contributed by atoms with Gasteiger partial charge >= 0.3 is 0 Å². The van der Waals surface area contributed by atoms with Gasteiger partial charge in [0.1, 0.15) is 5.75 Å². The first kappa shape index (κ1) is 15.0. The van der Waals surface area contributed by atoms with E-state index in [0.717, 1.165) is 18.2 Å². The number of para-hydroxylation sites is 1. The molecule has 0 saturated heterocycles. The monoisotopic (exact) mass is 313 g/mol. The van der Waals surface area contributed by atoms with E-state index < -0.39 is 0 Å². The van der Waals surface area contributed by atoms with E-state index in [9.17, 15) is 9.90 Å². The van der Waals surface area contributed by atoms with Gasteiger partial charge in [-0.1, -0.05) is 41.9 Å². The minimum Gasteiger partial charge on any atom is -0.507 e. The van der Waals surface area contributed by atoms with Crippen LogP contribution in [0.1, 0.15) is 37.0 Å². The van der Waals surface area contributed by atoms with E-state index in [1.165, 1.54) is 6.07 Å². The molecule has 0 unspecified atom stereocenters. The van der Waals surface area contributed by atoms with Crippen LogP contribution in [-0.4, -0.2) is 22.9 Å². The van der Waals surface area contributed by atoms with Crippen molar-refractivity contribution >= 4 is 21.8 Å². The number of alkyl halides is 1. The molecule has 4 heteroatoms. The summed E-state index contributed by atoms with van der Waals surface area (Å²) >= 11 is 3.51. The summed E-state index contributed by atoms with van der Waals surface area (Å²) in [6.45, 7) is 4.85. The van der Waals surface area contributed by atoms with Gasteiger partial charge in [-0.25, -0.2) is 0 Å². The molecule has 0 aliphatic rings. The Labute approximate surface area is 117 Å². The standard InChI is InChI=1S/C14H20BrNO2/c1-3-14(4-2,9-15)10-16-13(18)11-7-5-6-8-12(11)17/h5-8,17H,3-4,9-10H2,1-2H3,(H,16,18).